The number of carbonyl (C=O) groups is 2. The summed E-state index contributed by atoms with van der Waals surface area (Å²) in [5.41, 5.74) is 1.82. The standard InChI is InChI=1S/C30H44O3/c1-17(2)30-15-14-28(6)19(24(30)18-16-23(30)33-25(18)32)8-9-21-27(5)12-11-22(31)26(3,4)20(27)10-13-29(21,28)7/h18-21,23-24H,1,8-16H2,2-7H3/t18-,19+,20-,21-,23+,24-,27+,28-,29-,30-/m1/s1. The highest BCUT2D eigenvalue weighted by molar-refractivity contribution is 5.85. The van der Waals surface area contributed by atoms with Crippen molar-refractivity contribution in [2.75, 3.05) is 0 Å². The van der Waals surface area contributed by atoms with Crippen molar-refractivity contribution in [3.8, 4) is 0 Å². The molecule has 1 saturated heterocycles. The number of ether oxygens (including phenoxy) is 1. The molecule has 5 aliphatic carbocycles. The van der Waals surface area contributed by atoms with Crippen LogP contribution in [0.4, 0.5) is 0 Å². The van der Waals surface area contributed by atoms with Gasteiger partial charge in [0.15, 0.2) is 0 Å². The van der Waals surface area contributed by atoms with Crippen LogP contribution in [0.1, 0.15) is 99.3 Å². The Labute approximate surface area is 200 Å². The van der Waals surface area contributed by atoms with Gasteiger partial charge in [-0.05, 0) is 98.2 Å². The summed E-state index contributed by atoms with van der Waals surface area (Å²) in [5.74, 6) is 2.78. The quantitative estimate of drug-likeness (QED) is 0.326. The largest absolute Gasteiger partial charge is 0.461 e. The molecule has 6 fully saturated rings. The van der Waals surface area contributed by atoms with Crippen LogP contribution in [0.2, 0.25) is 0 Å². The highest BCUT2D eigenvalue weighted by atomic mass is 16.6. The van der Waals surface area contributed by atoms with Gasteiger partial charge in [0.1, 0.15) is 11.9 Å². The Bertz CT molecular complexity index is 948. The number of fused-ring (bicyclic) bond motifs is 11. The maximum absolute atomic E-state index is 12.9. The van der Waals surface area contributed by atoms with Gasteiger partial charge in [0, 0.05) is 17.3 Å². The Morgan fingerprint density at radius 1 is 0.909 bits per heavy atom. The lowest BCUT2D eigenvalue weighted by Gasteiger charge is -2.72. The first kappa shape index (κ1) is 22.4. The molecule has 3 nitrogen and oxygen atoms in total. The first-order valence-corrected chi connectivity index (χ1v) is 13.7. The van der Waals surface area contributed by atoms with E-state index < -0.39 is 0 Å². The van der Waals surface area contributed by atoms with Crippen LogP contribution in [0.15, 0.2) is 12.2 Å². The van der Waals surface area contributed by atoms with Crippen molar-refractivity contribution in [2.45, 2.75) is 105 Å². The number of esters is 1. The van der Waals surface area contributed by atoms with E-state index in [0.29, 0.717) is 29.5 Å². The Morgan fingerprint density at radius 2 is 1.64 bits per heavy atom. The summed E-state index contributed by atoms with van der Waals surface area (Å²) in [6.07, 6.45) is 10.0. The van der Waals surface area contributed by atoms with Gasteiger partial charge in [-0.2, -0.15) is 0 Å². The zero-order chi connectivity index (χ0) is 23.8. The number of rotatable bonds is 1. The normalized spacial score (nSPS) is 56.3. The van der Waals surface area contributed by atoms with Crippen LogP contribution in [-0.2, 0) is 14.3 Å². The van der Waals surface area contributed by atoms with Crippen LogP contribution >= 0.6 is 0 Å². The van der Waals surface area contributed by atoms with Gasteiger partial charge in [0.2, 0.25) is 0 Å². The molecule has 6 rings (SSSR count). The van der Waals surface area contributed by atoms with E-state index in [2.05, 4.69) is 48.1 Å². The van der Waals surface area contributed by atoms with Gasteiger partial charge < -0.3 is 4.74 Å². The lowest BCUT2D eigenvalue weighted by Crippen LogP contribution is -2.67. The van der Waals surface area contributed by atoms with Gasteiger partial charge in [-0.15, -0.1) is 0 Å². The van der Waals surface area contributed by atoms with Crippen molar-refractivity contribution in [3.05, 3.63) is 12.2 Å². The van der Waals surface area contributed by atoms with E-state index in [1.54, 1.807) is 0 Å². The van der Waals surface area contributed by atoms with E-state index in [-0.39, 0.29) is 45.1 Å². The Morgan fingerprint density at radius 3 is 2.33 bits per heavy atom. The number of Topliss-reactive ketones (excluding diaryl/α,β-unsaturated/α-hetero) is 1. The van der Waals surface area contributed by atoms with Crippen LogP contribution < -0.4 is 0 Å². The second kappa shape index (κ2) is 6.35. The topological polar surface area (TPSA) is 43.4 Å². The minimum absolute atomic E-state index is 0.00625. The molecule has 33 heavy (non-hydrogen) atoms. The van der Waals surface area contributed by atoms with E-state index in [9.17, 15) is 9.59 Å². The number of ketones is 1. The lowest BCUT2D eigenvalue weighted by molar-refractivity contribution is -0.242. The Hall–Kier alpha value is -1.12. The molecule has 0 aromatic heterocycles. The van der Waals surface area contributed by atoms with Crippen LogP contribution in [0.25, 0.3) is 0 Å². The fraction of sp³-hybridized carbons (Fsp3) is 0.867. The first-order valence-electron chi connectivity index (χ1n) is 13.7. The van der Waals surface area contributed by atoms with Crippen molar-refractivity contribution >= 4 is 11.8 Å². The van der Waals surface area contributed by atoms with E-state index in [4.69, 9.17) is 4.74 Å². The third kappa shape index (κ3) is 2.30. The second-order valence-electron chi connectivity index (χ2n) is 14.4. The molecule has 0 aromatic carbocycles. The minimum Gasteiger partial charge on any atom is -0.461 e. The first-order chi connectivity index (χ1) is 15.3. The molecule has 0 spiro atoms. The monoisotopic (exact) mass is 452 g/mol. The molecular weight excluding hydrogens is 408 g/mol. The SMILES string of the molecule is C=C(C)[C@@]12CC[C@]3(C)[C@@H](CC[C@@H]4[C@@]5(C)CCC(=O)C(C)(C)[C@H]5CC[C@]43C)[C@H]1[C@H]1C[C@@H]2OC1=O. The molecule has 5 saturated carbocycles. The van der Waals surface area contributed by atoms with Crippen molar-refractivity contribution in [1.82, 2.24) is 0 Å². The van der Waals surface area contributed by atoms with Crippen molar-refractivity contribution in [3.63, 3.8) is 0 Å². The van der Waals surface area contributed by atoms with Crippen molar-refractivity contribution in [2.24, 2.45) is 56.7 Å². The van der Waals surface area contributed by atoms with E-state index >= 15 is 0 Å². The molecule has 0 N–H and O–H groups in total. The summed E-state index contributed by atoms with van der Waals surface area (Å²) < 4.78 is 5.93. The lowest BCUT2D eigenvalue weighted by atomic mass is 9.32. The summed E-state index contributed by atoms with van der Waals surface area (Å²) in [4.78, 5) is 25.8. The van der Waals surface area contributed by atoms with Crippen LogP contribution in [0, 0.1) is 56.7 Å². The fourth-order valence-electron chi connectivity index (χ4n) is 11.8. The smallest absolute Gasteiger partial charge is 0.309 e. The molecule has 1 aliphatic heterocycles. The molecule has 182 valence electrons. The van der Waals surface area contributed by atoms with E-state index in [1.165, 1.54) is 37.7 Å². The molecule has 0 aromatic rings. The highest BCUT2D eigenvalue weighted by Crippen LogP contribution is 2.78. The fourth-order valence-corrected chi connectivity index (χ4v) is 11.8. The number of hydrogen-bond donors (Lipinski definition) is 0. The van der Waals surface area contributed by atoms with Crippen LogP contribution in [0.5, 0.6) is 0 Å². The Balaban J connectivity index is 1.42. The number of hydrogen-bond acceptors (Lipinski definition) is 3. The number of carbonyl (C=O) groups excluding carboxylic acids is 2. The van der Waals surface area contributed by atoms with Gasteiger partial charge in [-0.3, -0.25) is 9.59 Å². The molecule has 3 heteroatoms. The molecule has 2 bridgehead atoms. The molecule has 10 atom stereocenters. The zero-order valence-electron chi connectivity index (χ0n) is 21.8. The summed E-state index contributed by atoms with van der Waals surface area (Å²) in [5, 5.41) is 0. The summed E-state index contributed by atoms with van der Waals surface area (Å²) in [6.45, 7) is 18.9. The second-order valence-corrected chi connectivity index (χ2v) is 14.4. The maximum atomic E-state index is 12.9. The van der Waals surface area contributed by atoms with Crippen molar-refractivity contribution in [1.29, 1.82) is 0 Å². The molecular formula is C30H44O3. The van der Waals surface area contributed by atoms with Gasteiger partial charge in [-0.25, -0.2) is 0 Å². The van der Waals surface area contributed by atoms with Gasteiger partial charge in [0.05, 0.1) is 5.92 Å². The van der Waals surface area contributed by atoms with Crippen molar-refractivity contribution < 1.29 is 14.3 Å². The minimum atomic E-state index is -0.192. The molecule has 1 heterocycles. The summed E-state index contributed by atoms with van der Waals surface area (Å²) >= 11 is 0. The summed E-state index contributed by atoms with van der Waals surface area (Å²) in [6, 6.07) is 0. The molecule has 6 aliphatic rings. The Kier molecular flexibility index (Phi) is 4.30. The maximum Gasteiger partial charge on any atom is 0.309 e. The molecule has 0 unspecified atom stereocenters. The van der Waals surface area contributed by atoms with Gasteiger partial charge in [-0.1, -0.05) is 46.8 Å². The third-order valence-electron chi connectivity index (χ3n) is 13.6. The molecule has 0 radical (unpaired) electrons. The molecule has 0 amide bonds. The average molecular weight is 453 g/mol. The van der Waals surface area contributed by atoms with E-state index in [1.807, 2.05) is 0 Å². The van der Waals surface area contributed by atoms with Gasteiger partial charge in [0.25, 0.3) is 0 Å². The van der Waals surface area contributed by atoms with Crippen LogP contribution in [0.3, 0.4) is 0 Å². The van der Waals surface area contributed by atoms with Gasteiger partial charge >= 0.3 is 5.97 Å². The summed E-state index contributed by atoms with van der Waals surface area (Å²) in [7, 11) is 0. The average Bonchev–Trinajstić information content (AvgIpc) is 3.27. The zero-order valence-corrected chi connectivity index (χ0v) is 21.8. The third-order valence-corrected chi connectivity index (χ3v) is 13.6. The predicted molar refractivity (Wildman–Crippen MR) is 129 cm³/mol. The van der Waals surface area contributed by atoms with Crippen LogP contribution in [-0.4, -0.2) is 17.9 Å². The predicted octanol–water partition coefficient (Wildman–Crippen LogP) is 6.75. The van der Waals surface area contributed by atoms with E-state index in [0.717, 1.165) is 25.7 Å². The highest BCUT2D eigenvalue weighted by Gasteiger charge is 2.75.